The first-order valence-corrected chi connectivity index (χ1v) is 21.1. The average molecular weight is 821 g/mol. The first kappa shape index (κ1) is 43.0. The Morgan fingerprint density at radius 3 is 1.63 bits per heavy atom. The highest BCUT2D eigenvalue weighted by atomic mass is 16.6. The maximum atomic E-state index is 10.4. The predicted octanol–water partition coefficient (Wildman–Crippen LogP) is 4.57. The SMILES string of the molecule is CN(C)CC(O)Cn1cc(-c2ccnc(NC3CCC(O)CC3)n2)c2cccnc21.CNC.OC1CCC(Nc2nccc(-c3cn(CC4CO4)c4ncccc34)n2)CC1. The minimum absolute atomic E-state index is 0.163. The number of ether oxygens (including phenoxy) is 1. The Morgan fingerprint density at radius 1 is 0.700 bits per heavy atom. The van der Waals surface area contributed by atoms with Gasteiger partial charge in [-0.05, 0) is 116 Å². The van der Waals surface area contributed by atoms with Crippen molar-refractivity contribution in [2.45, 2.75) is 101 Å². The van der Waals surface area contributed by atoms with Crippen LogP contribution in [-0.2, 0) is 17.8 Å². The molecule has 2 saturated carbocycles. The summed E-state index contributed by atoms with van der Waals surface area (Å²) in [4.78, 5) is 29.4. The summed E-state index contributed by atoms with van der Waals surface area (Å²) < 4.78 is 9.53. The molecule has 0 aromatic carbocycles. The van der Waals surface area contributed by atoms with Gasteiger partial charge in [0.25, 0.3) is 0 Å². The highest BCUT2D eigenvalue weighted by Crippen LogP contribution is 2.32. The first-order chi connectivity index (χ1) is 29.2. The van der Waals surface area contributed by atoms with Gasteiger partial charge in [0, 0.05) is 77.7 Å². The molecule has 2 unspecified atom stereocenters. The van der Waals surface area contributed by atoms with Crippen LogP contribution >= 0.6 is 0 Å². The summed E-state index contributed by atoms with van der Waals surface area (Å²) in [7, 11) is 7.65. The first-order valence-electron chi connectivity index (χ1n) is 21.1. The van der Waals surface area contributed by atoms with Crippen LogP contribution in [0.4, 0.5) is 11.9 Å². The van der Waals surface area contributed by atoms with Crippen LogP contribution in [0.3, 0.4) is 0 Å². The lowest BCUT2D eigenvalue weighted by Gasteiger charge is -2.26. The molecule has 7 heterocycles. The fourth-order valence-corrected chi connectivity index (χ4v) is 7.99. The van der Waals surface area contributed by atoms with Crippen molar-refractivity contribution in [2.75, 3.05) is 52.0 Å². The largest absolute Gasteiger partial charge is 0.393 e. The number of hydrogen-bond acceptors (Lipinski definition) is 14. The molecule has 0 bridgehead atoms. The minimum Gasteiger partial charge on any atom is -0.393 e. The van der Waals surface area contributed by atoms with Crippen LogP contribution in [0.15, 0.2) is 73.6 Å². The standard InChI is InChI=1S/C22H30N6O2.C20H23N5O2.C2H7N/c1-27(2)12-17(30)13-28-14-19(18-4-3-10-23-21(18)28)20-9-11-24-22(26-20)25-15-5-7-16(29)8-6-15;26-14-5-3-13(4-6-14)23-20-22-9-7-18(24-20)17-11-25(10-15-12-27-15)19-16(17)2-1-8-21-19;1-3-2/h3-4,9-11,14-17,29-30H,5-8,12-13H2,1-2H3,(H,24,25,26);1-2,7-9,11,13-15,26H,3-6,10,12H2,(H,22,23,24);3H,1-2H3. The molecule has 0 amide bonds. The maximum Gasteiger partial charge on any atom is 0.223 e. The summed E-state index contributed by atoms with van der Waals surface area (Å²) >= 11 is 0. The third kappa shape index (κ3) is 11.4. The van der Waals surface area contributed by atoms with E-state index in [0.717, 1.165) is 109 Å². The lowest BCUT2D eigenvalue weighted by Crippen LogP contribution is -2.29. The van der Waals surface area contributed by atoms with Crippen molar-refractivity contribution < 1.29 is 20.1 Å². The Labute approximate surface area is 351 Å². The van der Waals surface area contributed by atoms with Gasteiger partial charge in [-0.3, -0.25) is 0 Å². The zero-order chi connectivity index (χ0) is 42.0. The molecular formula is C44H60N12O4. The smallest absolute Gasteiger partial charge is 0.223 e. The molecule has 16 heteroatoms. The number of likely N-dealkylation sites (N-methyl/N-ethyl adjacent to an activating group) is 1. The van der Waals surface area contributed by atoms with Gasteiger partial charge >= 0.3 is 0 Å². The van der Waals surface area contributed by atoms with Gasteiger partial charge in [-0.25, -0.2) is 29.9 Å². The van der Waals surface area contributed by atoms with Crippen LogP contribution < -0.4 is 16.0 Å². The van der Waals surface area contributed by atoms with Gasteiger partial charge in [-0.15, -0.1) is 0 Å². The molecule has 60 heavy (non-hydrogen) atoms. The molecule has 3 aliphatic rings. The van der Waals surface area contributed by atoms with Crippen LogP contribution in [0.5, 0.6) is 0 Å². The van der Waals surface area contributed by atoms with Gasteiger partial charge in [0.15, 0.2) is 0 Å². The number of aromatic nitrogens is 8. The number of pyridine rings is 2. The van der Waals surface area contributed by atoms with E-state index >= 15 is 0 Å². The monoisotopic (exact) mass is 820 g/mol. The lowest BCUT2D eigenvalue weighted by atomic mass is 9.93. The van der Waals surface area contributed by atoms with Gasteiger partial charge < -0.3 is 50.0 Å². The summed E-state index contributed by atoms with van der Waals surface area (Å²) in [5, 5.41) is 41.5. The van der Waals surface area contributed by atoms with Crippen molar-refractivity contribution >= 4 is 34.0 Å². The number of fused-ring (bicyclic) bond motifs is 2. The van der Waals surface area contributed by atoms with Crippen LogP contribution in [0.2, 0.25) is 0 Å². The van der Waals surface area contributed by atoms with Crippen molar-refractivity contribution in [3.05, 3.63) is 73.6 Å². The molecule has 9 rings (SSSR count). The molecule has 0 radical (unpaired) electrons. The molecule has 3 fully saturated rings. The van der Waals surface area contributed by atoms with E-state index < -0.39 is 6.10 Å². The minimum atomic E-state index is -0.491. The summed E-state index contributed by atoms with van der Waals surface area (Å²) in [6.45, 7) is 2.68. The molecule has 6 N–H and O–H groups in total. The number of anilines is 2. The highest BCUT2D eigenvalue weighted by molar-refractivity contribution is 5.94. The van der Waals surface area contributed by atoms with Gasteiger partial charge in [-0.1, -0.05) is 0 Å². The average Bonchev–Trinajstić information content (AvgIpc) is 3.89. The second-order valence-electron chi connectivity index (χ2n) is 16.3. The lowest BCUT2D eigenvalue weighted by molar-refractivity contribution is 0.121. The number of rotatable bonds is 12. The van der Waals surface area contributed by atoms with Gasteiger partial charge in [0.2, 0.25) is 11.9 Å². The quantitative estimate of drug-likeness (QED) is 0.0939. The number of epoxide rings is 1. The normalized spacial score (nSPS) is 21.8. The van der Waals surface area contributed by atoms with Gasteiger partial charge in [-0.2, -0.15) is 0 Å². The predicted molar refractivity (Wildman–Crippen MR) is 235 cm³/mol. The third-order valence-electron chi connectivity index (χ3n) is 11.0. The highest BCUT2D eigenvalue weighted by Gasteiger charge is 2.26. The van der Waals surface area contributed by atoms with E-state index in [9.17, 15) is 15.3 Å². The summed E-state index contributed by atoms with van der Waals surface area (Å²) in [5.41, 5.74) is 5.53. The van der Waals surface area contributed by atoms with E-state index in [1.54, 1.807) is 18.6 Å². The molecular weight excluding hydrogens is 761 g/mol. The number of aliphatic hydroxyl groups is 3. The fraction of sp³-hybridized carbons (Fsp3) is 0.500. The van der Waals surface area contributed by atoms with Crippen LogP contribution in [-0.4, -0.2) is 137 Å². The van der Waals surface area contributed by atoms with Crippen molar-refractivity contribution in [2.24, 2.45) is 0 Å². The zero-order valence-corrected chi connectivity index (χ0v) is 35.2. The van der Waals surface area contributed by atoms with Gasteiger partial charge in [0.1, 0.15) is 11.3 Å². The molecule has 6 aromatic rings. The second-order valence-corrected chi connectivity index (χ2v) is 16.3. The van der Waals surface area contributed by atoms with Crippen molar-refractivity contribution in [1.29, 1.82) is 0 Å². The molecule has 2 atom stereocenters. The van der Waals surface area contributed by atoms with Crippen LogP contribution in [0, 0.1) is 0 Å². The molecule has 2 aliphatic carbocycles. The molecule has 16 nitrogen and oxygen atoms in total. The molecule has 6 aromatic heterocycles. The topological polar surface area (TPSA) is 200 Å². The van der Waals surface area contributed by atoms with Crippen molar-refractivity contribution in [3.8, 4) is 22.5 Å². The number of nitrogens with zero attached hydrogens (tertiary/aromatic N) is 9. The Morgan fingerprint density at radius 2 is 1.17 bits per heavy atom. The summed E-state index contributed by atoms with van der Waals surface area (Å²) in [6.07, 6.45) is 17.7. The fourth-order valence-electron chi connectivity index (χ4n) is 7.99. The Bertz CT molecular complexity index is 2260. The maximum absolute atomic E-state index is 10.4. The summed E-state index contributed by atoms with van der Waals surface area (Å²) in [6, 6.07) is 12.4. The van der Waals surface area contributed by atoms with E-state index in [-0.39, 0.29) is 18.2 Å². The Kier molecular flexibility index (Phi) is 14.7. The van der Waals surface area contributed by atoms with Crippen molar-refractivity contribution in [3.63, 3.8) is 0 Å². The van der Waals surface area contributed by atoms with E-state index in [4.69, 9.17) is 14.7 Å². The number of nitrogens with one attached hydrogen (secondary N) is 3. The van der Waals surface area contributed by atoms with E-state index in [1.165, 1.54) is 0 Å². The van der Waals surface area contributed by atoms with E-state index in [0.29, 0.717) is 37.1 Å². The van der Waals surface area contributed by atoms with E-state index in [2.05, 4.69) is 52.7 Å². The Hall–Kier alpha value is -5.10. The second kappa shape index (κ2) is 20.4. The third-order valence-corrected chi connectivity index (χ3v) is 11.0. The number of hydrogen-bond donors (Lipinski definition) is 6. The molecule has 0 spiro atoms. The summed E-state index contributed by atoms with van der Waals surface area (Å²) in [5.74, 6) is 1.25. The molecule has 1 aliphatic heterocycles. The van der Waals surface area contributed by atoms with Crippen molar-refractivity contribution in [1.82, 2.24) is 49.3 Å². The van der Waals surface area contributed by atoms with Crippen LogP contribution in [0.1, 0.15) is 51.4 Å². The molecule has 320 valence electrons. The van der Waals surface area contributed by atoms with Crippen LogP contribution in [0.25, 0.3) is 44.6 Å². The zero-order valence-electron chi connectivity index (χ0n) is 35.2. The van der Waals surface area contributed by atoms with E-state index in [1.807, 2.05) is 80.4 Å². The Balaban J connectivity index is 0.000000171. The molecule has 1 saturated heterocycles. The number of aliphatic hydroxyl groups excluding tert-OH is 3. The van der Waals surface area contributed by atoms with Gasteiger partial charge in [0.05, 0.1) is 55.5 Å².